The fraction of sp³-hybridized carbons (Fsp3) is 0.182. The lowest BCUT2D eigenvalue weighted by molar-refractivity contribution is -0.122. The van der Waals surface area contributed by atoms with E-state index in [0.717, 1.165) is 11.1 Å². The average molecular weight is 426 g/mol. The van der Waals surface area contributed by atoms with Crippen molar-refractivity contribution in [2.75, 3.05) is 10.0 Å². The summed E-state index contributed by atoms with van der Waals surface area (Å²) < 4.78 is 33.0. The fourth-order valence-electron chi connectivity index (χ4n) is 2.84. The maximum atomic E-state index is 12.4. The third kappa shape index (κ3) is 5.57. The molecule has 0 saturated heterocycles. The molecule has 8 heteroatoms. The predicted octanol–water partition coefficient (Wildman–Crippen LogP) is 3.91. The van der Waals surface area contributed by atoms with Gasteiger partial charge in [0.1, 0.15) is 11.6 Å². The molecule has 0 aliphatic carbocycles. The number of benzene rings is 2. The van der Waals surface area contributed by atoms with Crippen molar-refractivity contribution < 1.29 is 17.9 Å². The van der Waals surface area contributed by atoms with Crippen molar-refractivity contribution >= 4 is 27.4 Å². The highest BCUT2D eigenvalue weighted by Crippen LogP contribution is 2.20. The monoisotopic (exact) mass is 425 g/mol. The van der Waals surface area contributed by atoms with Crippen LogP contribution in [-0.4, -0.2) is 25.4 Å². The Morgan fingerprint density at radius 2 is 1.67 bits per heavy atom. The summed E-state index contributed by atoms with van der Waals surface area (Å²) in [4.78, 5) is 16.4. The topological polar surface area (TPSA) is 97.4 Å². The van der Waals surface area contributed by atoms with Crippen LogP contribution in [0.2, 0.25) is 0 Å². The van der Waals surface area contributed by atoms with Crippen LogP contribution >= 0.6 is 0 Å². The number of aryl methyl sites for hydroxylation is 2. The number of nitrogens with zero attached hydrogens (tertiary/aromatic N) is 1. The van der Waals surface area contributed by atoms with E-state index in [-0.39, 0.29) is 16.6 Å². The van der Waals surface area contributed by atoms with Crippen molar-refractivity contribution in [1.29, 1.82) is 0 Å². The highest BCUT2D eigenvalue weighted by Gasteiger charge is 2.17. The molecule has 3 rings (SSSR count). The molecule has 2 aromatic carbocycles. The Bertz CT molecular complexity index is 1110. The quantitative estimate of drug-likeness (QED) is 0.598. The molecule has 3 aromatic rings. The zero-order valence-electron chi connectivity index (χ0n) is 16.9. The van der Waals surface area contributed by atoms with Crippen LogP contribution in [-0.2, 0) is 14.8 Å². The van der Waals surface area contributed by atoms with E-state index in [1.54, 1.807) is 25.1 Å². The van der Waals surface area contributed by atoms with Crippen LogP contribution in [0.5, 0.6) is 5.75 Å². The number of carbonyl (C=O) groups excluding carboxylic acids is 1. The first-order valence-corrected chi connectivity index (χ1v) is 10.8. The van der Waals surface area contributed by atoms with Crippen LogP contribution in [0.4, 0.5) is 11.5 Å². The van der Waals surface area contributed by atoms with Crippen LogP contribution in [0.1, 0.15) is 18.1 Å². The number of hydrogen-bond acceptors (Lipinski definition) is 5. The van der Waals surface area contributed by atoms with Gasteiger partial charge in [0.25, 0.3) is 15.9 Å². The number of pyridine rings is 1. The number of hydrogen-bond donors (Lipinski definition) is 2. The van der Waals surface area contributed by atoms with Gasteiger partial charge in [-0.3, -0.25) is 9.52 Å². The lowest BCUT2D eigenvalue weighted by Gasteiger charge is -2.16. The number of ether oxygens (including phenoxy) is 1. The molecule has 0 saturated carbocycles. The van der Waals surface area contributed by atoms with Crippen LogP contribution in [0, 0.1) is 13.8 Å². The Balaban J connectivity index is 1.63. The third-order valence-corrected chi connectivity index (χ3v) is 5.58. The molecule has 1 heterocycles. The van der Waals surface area contributed by atoms with Crippen molar-refractivity contribution in [1.82, 2.24) is 4.98 Å². The van der Waals surface area contributed by atoms with Gasteiger partial charge in [-0.15, -0.1) is 0 Å². The molecule has 0 radical (unpaired) electrons. The molecular weight excluding hydrogens is 402 g/mol. The van der Waals surface area contributed by atoms with E-state index >= 15 is 0 Å². The Morgan fingerprint density at radius 1 is 1.00 bits per heavy atom. The van der Waals surface area contributed by atoms with Gasteiger partial charge in [-0.25, -0.2) is 13.4 Å². The van der Waals surface area contributed by atoms with E-state index < -0.39 is 16.1 Å². The number of carbonyl (C=O) groups is 1. The molecule has 30 heavy (non-hydrogen) atoms. The highest BCUT2D eigenvalue weighted by atomic mass is 32.2. The minimum absolute atomic E-state index is 0.0608. The van der Waals surface area contributed by atoms with Gasteiger partial charge < -0.3 is 10.1 Å². The number of nitrogens with one attached hydrogen (secondary N) is 2. The maximum Gasteiger partial charge on any atom is 0.265 e. The summed E-state index contributed by atoms with van der Waals surface area (Å²) in [5.74, 6) is 0.515. The van der Waals surface area contributed by atoms with E-state index in [0.29, 0.717) is 11.4 Å². The lowest BCUT2D eigenvalue weighted by atomic mass is 10.1. The smallest absolute Gasteiger partial charge is 0.265 e. The Labute approximate surface area is 176 Å². The summed E-state index contributed by atoms with van der Waals surface area (Å²) >= 11 is 0. The van der Waals surface area contributed by atoms with Gasteiger partial charge in [0, 0.05) is 11.9 Å². The fourth-order valence-corrected chi connectivity index (χ4v) is 3.85. The second kappa shape index (κ2) is 8.96. The summed E-state index contributed by atoms with van der Waals surface area (Å²) in [6.45, 7) is 5.58. The summed E-state index contributed by atoms with van der Waals surface area (Å²) in [6.07, 6.45) is 0.776. The van der Waals surface area contributed by atoms with Crippen molar-refractivity contribution in [3.05, 3.63) is 78.0 Å². The molecule has 1 atom stereocenters. The molecule has 156 valence electrons. The molecule has 2 N–H and O–H groups in total. The second-order valence-electron chi connectivity index (χ2n) is 6.92. The minimum Gasteiger partial charge on any atom is -0.481 e. The number of aromatic nitrogens is 1. The van der Waals surface area contributed by atoms with E-state index in [9.17, 15) is 13.2 Å². The van der Waals surface area contributed by atoms with Gasteiger partial charge in [0.15, 0.2) is 6.10 Å². The molecule has 0 fully saturated rings. The first kappa shape index (κ1) is 21.3. The van der Waals surface area contributed by atoms with Crippen LogP contribution in [0.3, 0.4) is 0 Å². The normalized spacial score (nSPS) is 12.1. The van der Waals surface area contributed by atoms with E-state index in [1.165, 1.54) is 30.5 Å². The van der Waals surface area contributed by atoms with E-state index in [2.05, 4.69) is 15.0 Å². The van der Waals surface area contributed by atoms with Gasteiger partial charge in [0.2, 0.25) is 0 Å². The number of sulfonamides is 1. The molecule has 0 spiro atoms. The SMILES string of the molecule is Cc1cc(C)cc(OC(C)C(=O)Nc2ccc(S(=O)(=O)Nc3ccccn3)cc2)c1. The second-order valence-corrected chi connectivity index (χ2v) is 8.60. The van der Waals surface area contributed by atoms with Gasteiger partial charge in [-0.05, 0) is 80.4 Å². The Kier molecular flexibility index (Phi) is 6.37. The first-order valence-electron chi connectivity index (χ1n) is 9.33. The van der Waals surface area contributed by atoms with Gasteiger partial charge >= 0.3 is 0 Å². The maximum absolute atomic E-state index is 12.4. The Hall–Kier alpha value is -3.39. The van der Waals surface area contributed by atoms with Crippen molar-refractivity contribution in [3.63, 3.8) is 0 Å². The van der Waals surface area contributed by atoms with Crippen LogP contribution in [0.25, 0.3) is 0 Å². The third-order valence-electron chi connectivity index (χ3n) is 4.21. The predicted molar refractivity (Wildman–Crippen MR) is 116 cm³/mol. The summed E-state index contributed by atoms with van der Waals surface area (Å²) in [5, 5.41) is 2.73. The first-order chi connectivity index (χ1) is 14.2. The summed E-state index contributed by atoms with van der Waals surface area (Å²) in [6, 6.07) is 16.6. The van der Waals surface area contributed by atoms with E-state index in [4.69, 9.17) is 4.74 Å². The molecular formula is C22H23N3O4S. The molecule has 1 unspecified atom stereocenters. The molecule has 1 aromatic heterocycles. The molecule has 0 bridgehead atoms. The van der Waals surface area contributed by atoms with Gasteiger partial charge in [-0.2, -0.15) is 0 Å². The Morgan fingerprint density at radius 3 is 2.27 bits per heavy atom. The average Bonchev–Trinajstić information content (AvgIpc) is 2.68. The molecule has 0 aliphatic rings. The molecule has 0 aliphatic heterocycles. The van der Waals surface area contributed by atoms with Gasteiger partial charge in [-0.1, -0.05) is 12.1 Å². The highest BCUT2D eigenvalue weighted by molar-refractivity contribution is 7.92. The number of rotatable bonds is 7. The molecule has 1 amide bonds. The standard InChI is InChI=1S/C22H23N3O4S/c1-15-12-16(2)14-19(13-15)29-17(3)22(26)24-18-7-9-20(10-8-18)30(27,28)25-21-6-4-5-11-23-21/h4-14,17H,1-3H3,(H,23,25)(H,24,26). The van der Waals surface area contributed by atoms with Crippen molar-refractivity contribution in [2.24, 2.45) is 0 Å². The number of anilines is 2. The summed E-state index contributed by atoms with van der Waals surface area (Å²) in [5.41, 5.74) is 2.56. The van der Waals surface area contributed by atoms with E-state index in [1.807, 2.05) is 32.0 Å². The lowest BCUT2D eigenvalue weighted by Crippen LogP contribution is -2.30. The van der Waals surface area contributed by atoms with Crippen molar-refractivity contribution in [3.8, 4) is 5.75 Å². The largest absolute Gasteiger partial charge is 0.481 e. The minimum atomic E-state index is -3.77. The number of amides is 1. The zero-order valence-corrected chi connectivity index (χ0v) is 17.7. The zero-order chi connectivity index (χ0) is 21.7. The van der Waals surface area contributed by atoms with Crippen LogP contribution in [0.15, 0.2) is 71.8 Å². The van der Waals surface area contributed by atoms with Crippen molar-refractivity contribution in [2.45, 2.75) is 31.8 Å². The van der Waals surface area contributed by atoms with Crippen LogP contribution < -0.4 is 14.8 Å². The molecule has 7 nitrogen and oxygen atoms in total. The van der Waals surface area contributed by atoms with Gasteiger partial charge in [0.05, 0.1) is 4.90 Å². The summed E-state index contributed by atoms with van der Waals surface area (Å²) in [7, 11) is -3.77.